The molecule has 1 aliphatic heterocycles. The number of sulfone groups is 1. The van der Waals surface area contributed by atoms with Crippen LogP contribution in [-0.4, -0.2) is 55.7 Å². The molecule has 1 fully saturated rings. The van der Waals surface area contributed by atoms with Crippen molar-refractivity contribution in [2.75, 3.05) is 25.1 Å². The predicted octanol–water partition coefficient (Wildman–Crippen LogP) is 0.122. The van der Waals surface area contributed by atoms with E-state index in [1.54, 1.807) is 0 Å². The quantitative estimate of drug-likeness (QED) is 0.752. The van der Waals surface area contributed by atoms with Gasteiger partial charge in [0.25, 0.3) is 0 Å². The Labute approximate surface area is 92.2 Å². The lowest BCUT2D eigenvalue weighted by Crippen LogP contribution is -2.41. The third kappa shape index (κ3) is 3.74. The van der Waals surface area contributed by atoms with Crippen LogP contribution in [0.15, 0.2) is 0 Å². The summed E-state index contributed by atoms with van der Waals surface area (Å²) >= 11 is 0. The van der Waals surface area contributed by atoms with Crippen molar-refractivity contribution < 1.29 is 13.5 Å². The molecular weight excluding hydrogens is 214 g/mol. The highest BCUT2D eigenvalue weighted by Crippen LogP contribution is 2.18. The Hall–Kier alpha value is -0.130. The molecule has 1 saturated heterocycles. The number of aliphatic hydroxyl groups excluding tert-OH is 1. The maximum absolute atomic E-state index is 11.3. The van der Waals surface area contributed by atoms with E-state index in [1.807, 2.05) is 11.9 Å². The molecule has 0 amide bonds. The molecule has 0 aromatic rings. The van der Waals surface area contributed by atoms with Crippen molar-refractivity contribution in [2.45, 2.75) is 32.4 Å². The minimum absolute atomic E-state index is 0.0797. The van der Waals surface area contributed by atoms with Gasteiger partial charge in [-0.15, -0.1) is 0 Å². The number of aliphatic hydroxyl groups is 1. The van der Waals surface area contributed by atoms with Crippen LogP contribution in [0.1, 0.15) is 20.3 Å². The molecule has 0 saturated carbocycles. The van der Waals surface area contributed by atoms with Crippen LogP contribution >= 0.6 is 0 Å². The average Bonchev–Trinajstić information content (AvgIpc) is 2.35. The fourth-order valence-corrected chi connectivity index (χ4v) is 3.73. The van der Waals surface area contributed by atoms with Gasteiger partial charge in [-0.2, -0.15) is 0 Å². The second-order valence-electron chi connectivity index (χ2n) is 4.87. The van der Waals surface area contributed by atoms with Crippen molar-refractivity contribution in [3.63, 3.8) is 0 Å². The minimum Gasteiger partial charge on any atom is -0.390 e. The van der Waals surface area contributed by atoms with Crippen LogP contribution in [0, 0.1) is 5.92 Å². The van der Waals surface area contributed by atoms with Gasteiger partial charge in [0.05, 0.1) is 23.7 Å². The molecule has 0 aliphatic carbocycles. The summed E-state index contributed by atoms with van der Waals surface area (Å²) in [6.07, 6.45) is 0.312. The van der Waals surface area contributed by atoms with E-state index in [2.05, 4.69) is 13.8 Å². The molecule has 15 heavy (non-hydrogen) atoms. The summed E-state index contributed by atoms with van der Waals surface area (Å²) in [6.45, 7) is 5.11. The molecule has 1 aliphatic rings. The van der Waals surface area contributed by atoms with Crippen molar-refractivity contribution in [2.24, 2.45) is 5.92 Å². The monoisotopic (exact) mass is 235 g/mol. The molecule has 0 aromatic heterocycles. The molecule has 0 radical (unpaired) electrons. The highest BCUT2D eigenvalue weighted by molar-refractivity contribution is 7.91. The van der Waals surface area contributed by atoms with Gasteiger partial charge in [0.15, 0.2) is 9.84 Å². The van der Waals surface area contributed by atoms with Crippen molar-refractivity contribution in [1.82, 2.24) is 4.90 Å². The number of likely N-dealkylation sites (N-methyl/N-ethyl adjacent to an activating group) is 1. The summed E-state index contributed by atoms with van der Waals surface area (Å²) in [4.78, 5) is 1.97. The molecule has 0 bridgehead atoms. The van der Waals surface area contributed by atoms with Gasteiger partial charge in [0.1, 0.15) is 0 Å². The fourth-order valence-electron chi connectivity index (χ4n) is 1.86. The lowest BCUT2D eigenvalue weighted by atomic mass is 10.1. The molecule has 0 aromatic carbocycles. The van der Waals surface area contributed by atoms with Gasteiger partial charge in [-0.05, 0) is 25.9 Å². The third-order valence-electron chi connectivity index (χ3n) is 2.92. The smallest absolute Gasteiger partial charge is 0.154 e. The van der Waals surface area contributed by atoms with Crippen LogP contribution in [0.25, 0.3) is 0 Å². The molecule has 2 unspecified atom stereocenters. The van der Waals surface area contributed by atoms with Gasteiger partial charge in [-0.25, -0.2) is 8.42 Å². The van der Waals surface area contributed by atoms with E-state index in [0.29, 0.717) is 5.92 Å². The summed E-state index contributed by atoms with van der Waals surface area (Å²) in [6, 6.07) is -0.214. The lowest BCUT2D eigenvalue weighted by Gasteiger charge is -2.26. The van der Waals surface area contributed by atoms with Crippen molar-refractivity contribution in [3.8, 4) is 0 Å². The first-order valence-electron chi connectivity index (χ1n) is 5.40. The molecule has 2 atom stereocenters. The van der Waals surface area contributed by atoms with Crippen molar-refractivity contribution in [1.29, 1.82) is 0 Å². The molecule has 1 N–H and O–H groups in total. The van der Waals surface area contributed by atoms with Crippen molar-refractivity contribution >= 4 is 9.84 Å². The number of hydrogen-bond acceptors (Lipinski definition) is 4. The summed E-state index contributed by atoms with van der Waals surface area (Å²) in [5, 5.41) is 9.64. The second-order valence-corrected chi connectivity index (χ2v) is 7.03. The van der Waals surface area contributed by atoms with Gasteiger partial charge in [-0.1, -0.05) is 13.8 Å². The summed E-state index contributed by atoms with van der Waals surface area (Å²) < 4.78 is 22.6. The fraction of sp³-hybridized carbons (Fsp3) is 1.00. The zero-order valence-electron chi connectivity index (χ0n) is 9.68. The lowest BCUT2D eigenvalue weighted by molar-refractivity contribution is 0.0969. The topological polar surface area (TPSA) is 57.6 Å². The van der Waals surface area contributed by atoms with E-state index >= 15 is 0 Å². The highest BCUT2D eigenvalue weighted by Gasteiger charge is 2.38. The second kappa shape index (κ2) is 4.80. The standard InChI is InChI=1S/C10H21NO3S/c1-8(2)4-5-11(3)9-6-15(13,14)7-10(9)12/h8-10,12H,4-7H2,1-3H3. The Bertz CT molecular complexity index is 300. The van der Waals surface area contributed by atoms with E-state index in [4.69, 9.17) is 0 Å². The van der Waals surface area contributed by atoms with Crippen LogP contribution in [0.5, 0.6) is 0 Å². The first kappa shape index (κ1) is 12.9. The normalized spacial score (nSPS) is 30.3. The maximum Gasteiger partial charge on any atom is 0.154 e. The molecule has 1 rings (SSSR count). The Kier molecular flexibility index (Phi) is 4.14. The molecular formula is C10H21NO3S. The molecule has 90 valence electrons. The average molecular weight is 235 g/mol. The molecule has 4 nitrogen and oxygen atoms in total. The Balaban J connectivity index is 2.50. The van der Waals surface area contributed by atoms with Crippen molar-refractivity contribution in [3.05, 3.63) is 0 Å². The van der Waals surface area contributed by atoms with Crippen LogP contribution < -0.4 is 0 Å². The summed E-state index contributed by atoms with van der Waals surface area (Å²) in [7, 11) is -1.13. The zero-order valence-corrected chi connectivity index (χ0v) is 10.5. The number of hydrogen-bond donors (Lipinski definition) is 1. The highest BCUT2D eigenvalue weighted by atomic mass is 32.2. The van der Waals surface area contributed by atoms with E-state index in [9.17, 15) is 13.5 Å². The molecule has 5 heteroatoms. The Morgan fingerprint density at radius 3 is 2.40 bits per heavy atom. The first-order valence-corrected chi connectivity index (χ1v) is 7.22. The Morgan fingerprint density at radius 1 is 1.40 bits per heavy atom. The van der Waals surface area contributed by atoms with Gasteiger partial charge in [-0.3, -0.25) is 4.90 Å². The summed E-state index contributed by atoms with van der Waals surface area (Å²) in [5.74, 6) is 0.620. The van der Waals surface area contributed by atoms with Crippen LogP contribution in [0.3, 0.4) is 0 Å². The number of rotatable bonds is 4. The van der Waals surface area contributed by atoms with E-state index in [-0.39, 0.29) is 17.5 Å². The largest absolute Gasteiger partial charge is 0.390 e. The third-order valence-corrected chi connectivity index (χ3v) is 4.62. The zero-order chi connectivity index (χ0) is 11.6. The van der Waals surface area contributed by atoms with Gasteiger partial charge in [0.2, 0.25) is 0 Å². The van der Waals surface area contributed by atoms with E-state index < -0.39 is 15.9 Å². The van der Waals surface area contributed by atoms with Crippen LogP contribution in [0.4, 0.5) is 0 Å². The molecule has 0 spiro atoms. The minimum atomic E-state index is -3.02. The Morgan fingerprint density at radius 2 is 2.00 bits per heavy atom. The molecule has 1 heterocycles. The maximum atomic E-state index is 11.3. The SMILES string of the molecule is CC(C)CCN(C)C1CS(=O)(=O)CC1O. The van der Waals surface area contributed by atoms with Crippen LogP contribution in [-0.2, 0) is 9.84 Å². The van der Waals surface area contributed by atoms with E-state index in [0.717, 1.165) is 13.0 Å². The number of nitrogens with zero attached hydrogens (tertiary/aromatic N) is 1. The van der Waals surface area contributed by atoms with Gasteiger partial charge < -0.3 is 5.11 Å². The van der Waals surface area contributed by atoms with Crippen LogP contribution in [0.2, 0.25) is 0 Å². The van der Waals surface area contributed by atoms with Gasteiger partial charge in [0, 0.05) is 0 Å². The summed E-state index contributed by atoms with van der Waals surface area (Å²) in [5.41, 5.74) is 0. The van der Waals surface area contributed by atoms with Gasteiger partial charge >= 0.3 is 0 Å². The predicted molar refractivity (Wildman–Crippen MR) is 60.5 cm³/mol. The van der Waals surface area contributed by atoms with E-state index in [1.165, 1.54) is 0 Å². The first-order chi connectivity index (χ1) is 6.82.